The molecule has 0 aromatic heterocycles. The van der Waals surface area contributed by atoms with Gasteiger partial charge in [-0.25, -0.2) is 0 Å². The first kappa shape index (κ1) is 6.08. The molecule has 88 valence electrons. The summed E-state index contributed by atoms with van der Waals surface area (Å²) in [6.07, 6.45) is 0. The van der Waals surface area contributed by atoms with E-state index in [4.69, 9.17) is 0 Å². The maximum atomic E-state index is 3.32. The van der Waals surface area contributed by atoms with Crippen LogP contribution in [0, 0.1) is 0 Å². The fourth-order valence-corrected chi connectivity index (χ4v) is 103. The maximum absolute atomic E-state index is 3.32. The molecule has 10 rings (SSSR count). The van der Waals surface area contributed by atoms with Gasteiger partial charge in [0.2, 0.25) is 0 Å². The van der Waals surface area contributed by atoms with Crippen LogP contribution < -0.4 is 0 Å². The van der Waals surface area contributed by atoms with E-state index in [1.54, 1.807) is 0 Å². The Morgan fingerprint density at radius 3 is 1.00 bits per heavy atom. The molecule has 0 radical (unpaired) electrons. The number of rotatable bonds is 0. The average Bonchev–Trinajstić information content (AvgIpc) is 3.19. The van der Waals surface area contributed by atoms with Crippen molar-refractivity contribution >= 4 is 0 Å². The molecule has 0 saturated carbocycles. The number of hydrogen-bond donors (Lipinski definition) is 0. The van der Waals surface area contributed by atoms with Crippen molar-refractivity contribution in [1.82, 2.24) is 3.92 Å². The minimum atomic E-state index is -3.29. The molecule has 4 atom stereocenters. The molecule has 10 aliphatic heterocycles. The van der Waals surface area contributed by atoms with Crippen LogP contribution in [0.5, 0.6) is 0 Å². The van der Waals surface area contributed by atoms with Crippen LogP contribution in [-0.2, 0) is 6.73 Å². The van der Waals surface area contributed by atoms with Crippen molar-refractivity contribution in [2.24, 2.45) is 0 Å². The molecule has 10 heterocycles. The summed E-state index contributed by atoms with van der Waals surface area (Å²) >= 11 is 0. The van der Waals surface area contributed by atoms with E-state index in [0.29, 0.717) is 0 Å². The summed E-state index contributed by atoms with van der Waals surface area (Å²) in [5.74, 6) is 0. The Morgan fingerprint density at radius 1 is 0.688 bits per heavy atom. The molecule has 4 unspecified atom stereocenters. The predicted molar refractivity (Wildman–Crippen MR) is 58.8 cm³/mol. The molecule has 2 heteroatoms. The van der Waals surface area contributed by atoms with Crippen LogP contribution in [-0.4, -0.2) is 13.8 Å². The third-order valence-corrected chi connectivity index (χ3v) is 66.4. The van der Waals surface area contributed by atoms with E-state index < -0.39 is 6.73 Å². The Morgan fingerprint density at radius 2 is 1.00 bits per heavy atom. The normalized spacial score (nSPS) is 145. The molecule has 10 aliphatic rings. The van der Waals surface area contributed by atoms with Gasteiger partial charge in [0, 0.05) is 0 Å². The van der Waals surface area contributed by atoms with Crippen LogP contribution in [0.2, 0.25) is 31.2 Å². The first-order chi connectivity index (χ1) is 7.12. The molecular formula is C14H19FeN. The molecule has 1 nitrogen and oxygen atoms in total. The Hall–Kier alpha value is 0.479. The van der Waals surface area contributed by atoms with Crippen molar-refractivity contribution in [3.63, 3.8) is 0 Å². The Labute approximate surface area is 86.4 Å². The molecule has 0 N–H and O–H groups in total. The first-order valence-corrected chi connectivity index (χ1v) is 12.9. The molecular weight excluding hydrogens is 238 g/mol. The Balaban J connectivity index is 2.02. The molecule has 0 amide bonds. The van der Waals surface area contributed by atoms with Gasteiger partial charge in [0.1, 0.15) is 0 Å². The van der Waals surface area contributed by atoms with E-state index in [-0.39, 0.29) is 0 Å². The summed E-state index contributed by atoms with van der Waals surface area (Å²) in [5, 5.41) is 0. The molecule has 16 heavy (non-hydrogen) atoms. The van der Waals surface area contributed by atoms with Crippen LogP contribution in [0.4, 0.5) is 0 Å². The second kappa shape index (κ2) is 0.396. The second-order valence-electron chi connectivity index (χ2n) is 11.2. The summed E-state index contributed by atoms with van der Waals surface area (Å²) in [6.45, 7) is 10.7. The molecule has 0 aliphatic carbocycles. The quantitative estimate of drug-likeness (QED) is 0.470. The third kappa shape index (κ3) is 0.0360. The van der Waals surface area contributed by atoms with Gasteiger partial charge in [0.05, 0.1) is 0 Å². The molecule has 10 fully saturated rings. The molecule has 0 bridgehead atoms. The molecule has 0 aromatic rings. The van der Waals surface area contributed by atoms with Gasteiger partial charge in [-0.15, -0.1) is 0 Å². The van der Waals surface area contributed by atoms with Crippen molar-refractivity contribution in [2.45, 2.75) is 75.7 Å². The van der Waals surface area contributed by atoms with Crippen molar-refractivity contribution < 1.29 is 6.73 Å². The van der Waals surface area contributed by atoms with Gasteiger partial charge < -0.3 is 0 Å². The van der Waals surface area contributed by atoms with E-state index in [0.717, 1.165) is 21.6 Å². The fraction of sp³-hybridized carbons (Fsp3) is 1.00. The van der Waals surface area contributed by atoms with Crippen molar-refractivity contribution in [3.8, 4) is 0 Å². The monoisotopic (exact) mass is 257 g/mol. The van der Waals surface area contributed by atoms with Crippen LogP contribution in [0.15, 0.2) is 0 Å². The Kier molecular flexibility index (Phi) is 0.151. The van der Waals surface area contributed by atoms with E-state index in [1.807, 2.05) is 0 Å². The van der Waals surface area contributed by atoms with E-state index in [2.05, 4.69) is 38.5 Å². The Bertz CT molecular complexity index is 862. The van der Waals surface area contributed by atoms with Crippen LogP contribution in [0.1, 0.15) is 34.6 Å². The van der Waals surface area contributed by atoms with Gasteiger partial charge in [0.15, 0.2) is 0 Å². The van der Waals surface area contributed by atoms with Gasteiger partial charge in [-0.05, 0) is 0 Å². The average molecular weight is 257 g/mol. The van der Waals surface area contributed by atoms with E-state index in [9.17, 15) is 0 Å². The van der Waals surface area contributed by atoms with Crippen LogP contribution in [0.3, 0.4) is 0 Å². The first-order valence-electron chi connectivity index (χ1n) is 7.12. The predicted octanol–water partition coefficient (Wildman–Crippen LogP) is 3.83. The summed E-state index contributed by atoms with van der Waals surface area (Å²) in [5.41, 5.74) is 0. The van der Waals surface area contributed by atoms with Gasteiger partial charge in [-0.2, -0.15) is 0 Å². The fourth-order valence-electron chi connectivity index (χ4n) is 21.8. The van der Waals surface area contributed by atoms with E-state index in [1.165, 1.54) is 19.5 Å². The van der Waals surface area contributed by atoms with Crippen molar-refractivity contribution in [2.75, 3.05) is 0 Å². The molecule has 0 aromatic carbocycles. The molecule has 1 spiro atoms. The van der Waals surface area contributed by atoms with Crippen LogP contribution >= 0.6 is 0 Å². The van der Waals surface area contributed by atoms with Gasteiger partial charge in [0.25, 0.3) is 0 Å². The summed E-state index contributed by atoms with van der Waals surface area (Å²) in [7, 11) is 0. The zero-order valence-electron chi connectivity index (χ0n) is 10.6. The van der Waals surface area contributed by atoms with Crippen molar-refractivity contribution in [1.29, 1.82) is 0 Å². The summed E-state index contributed by atoms with van der Waals surface area (Å²) in [4.78, 5) is 5.24. The third-order valence-electron chi connectivity index (χ3n) is 18.6. The number of hydrogen-bond acceptors (Lipinski definition) is 1. The second-order valence-corrected chi connectivity index (χ2v) is 33.8. The minimum absolute atomic E-state index is 0.919. The number of nitrogens with zero attached hydrogens (tertiary/aromatic N) is 1. The van der Waals surface area contributed by atoms with E-state index >= 15 is 0 Å². The van der Waals surface area contributed by atoms with Gasteiger partial charge in [-0.3, -0.25) is 0 Å². The van der Waals surface area contributed by atoms with Gasteiger partial charge in [-0.1, -0.05) is 0 Å². The molecule has 10 saturated heterocycles. The van der Waals surface area contributed by atoms with Crippen molar-refractivity contribution in [3.05, 3.63) is 0 Å². The zero-order chi connectivity index (χ0) is 10.7. The standard InChI is InChI=1S/C10H15.C4H4N.Fe/c1-6-7(2)9(4)10(5)8(6)3;1-2-4-5-3-1;/h1-5H3;1-4H;/q;-1;+1. The zero-order valence-corrected chi connectivity index (χ0v) is 11.7. The summed E-state index contributed by atoms with van der Waals surface area (Å²) < 4.78 is 7.92. The van der Waals surface area contributed by atoms with Crippen LogP contribution in [0.25, 0.3) is 0 Å². The SMILES string of the molecule is C[C]12[C]3(C)[C]4(C)[C]5(C)[C]1(C)[Fe]23451678[CH]2[CH]1[CH]6[N]7[CH]28. The number of fused-ring (bicyclic) bond motifs is 10. The van der Waals surface area contributed by atoms with Gasteiger partial charge >= 0.3 is 86.3 Å². The summed E-state index contributed by atoms with van der Waals surface area (Å²) in [6, 6.07) is 0. The topological polar surface area (TPSA) is 3.01 Å².